The van der Waals surface area contributed by atoms with Crippen molar-refractivity contribution in [2.24, 2.45) is 0 Å². The Bertz CT molecular complexity index is 509. The molecule has 1 aliphatic rings. The second kappa shape index (κ2) is 6.80. The lowest BCUT2D eigenvalue weighted by Crippen LogP contribution is -2.27. The molecule has 0 unspecified atom stereocenters. The van der Waals surface area contributed by atoms with Gasteiger partial charge in [-0.05, 0) is 37.5 Å². The number of carboxylic acid groups (broad SMARTS) is 1. The van der Waals surface area contributed by atoms with Crippen LogP contribution in [-0.4, -0.2) is 23.7 Å². The molecule has 1 N–H and O–H groups in total. The number of rotatable bonds is 7. The highest BCUT2D eigenvalue weighted by Crippen LogP contribution is 2.36. The Hall–Kier alpha value is -1.48. The van der Waals surface area contributed by atoms with Gasteiger partial charge in [0, 0.05) is 34.9 Å². The van der Waals surface area contributed by atoms with Crippen molar-refractivity contribution >= 4 is 29.3 Å². The molecule has 0 heterocycles. The first-order valence-electron chi connectivity index (χ1n) is 7.09. The third-order valence-corrected chi connectivity index (χ3v) is 3.80. The summed E-state index contributed by atoms with van der Waals surface area (Å²) in [4.78, 5) is 13.1. The molecule has 0 atom stereocenters. The summed E-state index contributed by atoms with van der Waals surface area (Å²) < 4.78 is 0. The van der Waals surface area contributed by atoms with Crippen molar-refractivity contribution in [3.63, 3.8) is 0 Å². The first-order valence-corrected chi connectivity index (χ1v) is 7.47. The molecule has 3 nitrogen and oxygen atoms in total. The van der Waals surface area contributed by atoms with Gasteiger partial charge in [-0.2, -0.15) is 0 Å². The summed E-state index contributed by atoms with van der Waals surface area (Å²) in [5, 5.41) is 9.41. The van der Waals surface area contributed by atoms with Crippen LogP contribution in [0, 0.1) is 0 Å². The standard InChI is InChI=1S/C16H20ClNO2/c1-2-3-11-18(12-7-8-12)15-6-4-5-14(17)13(15)9-10-16(19)20/h4-6,9-10,12H,2-3,7-8,11H2,1H3,(H,19,20). The van der Waals surface area contributed by atoms with E-state index in [2.05, 4.69) is 11.8 Å². The van der Waals surface area contributed by atoms with Crippen molar-refractivity contribution < 1.29 is 9.90 Å². The predicted octanol–water partition coefficient (Wildman–Crippen LogP) is 4.21. The van der Waals surface area contributed by atoms with Crippen molar-refractivity contribution in [3.8, 4) is 0 Å². The van der Waals surface area contributed by atoms with Gasteiger partial charge in [0.15, 0.2) is 0 Å². The van der Waals surface area contributed by atoms with Crippen LogP contribution in [0.2, 0.25) is 5.02 Å². The van der Waals surface area contributed by atoms with Crippen molar-refractivity contribution in [1.29, 1.82) is 0 Å². The second-order valence-corrected chi connectivity index (χ2v) is 5.53. The number of halogens is 1. The van der Waals surface area contributed by atoms with Crippen LogP contribution in [0.4, 0.5) is 5.69 Å². The normalized spacial score (nSPS) is 14.7. The molecule has 0 spiro atoms. The average molecular weight is 294 g/mol. The van der Waals surface area contributed by atoms with Gasteiger partial charge in [0.2, 0.25) is 0 Å². The molecule has 108 valence electrons. The third kappa shape index (κ3) is 3.76. The van der Waals surface area contributed by atoms with Gasteiger partial charge in [-0.25, -0.2) is 4.79 Å². The molecule has 20 heavy (non-hydrogen) atoms. The van der Waals surface area contributed by atoms with Gasteiger partial charge in [0.05, 0.1) is 0 Å². The summed E-state index contributed by atoms with van der Waals surface area (Å²) in [7, 11) is 0. The molecule has 4 heteroatoms. The lowest BCUT2D eigenvalue weighted by molar-refractivity contribution is -0.131. The summed E-state index contributed by atoms with van der Waals surface area (Å²) in [6.07, 6.45) is 7.43. The Balaban J connectivity index is 2.32. The molecular formula is C16H20ClNO2. The molecule has 1 aromatic rings. The number of unbranched alkanes of at least 4 members (excludes halogenated alkanes) is 1. The molecule has 1 aliphatic carbocycles. The Morgan fingerprint density at radius 1 is 1.50 bits per heavy atom. The number of carboxylic acids is 1. The van der Waals surface area contributed by atoms with Crippen LogP contribution in [0.5, 0.6) is 0 Å². The van der Waals surface area contributed by atoms with E-state index >= 15 is 0 Å². The zero-order valence-electron chi connectivity index (χ0n) is 11.7. The fourth-order valence-corrected chi connectivity index (χ4v) is 2.54. The molecule has 1 aromatic carbocycles. The van der Waals surface area contributed by atoms with Gasteiger partial charge in [0.1, 0.15) is 0 Å². The monoisotopic (exact) mass is 293 g/mol. The van der Waals surface area contributed by atoms with E-state index in [1.807, 2.05) is 12.1 Å². The largest absolute Gasteiger partial charge is 0.478 e. The van der Waals surface area contributed by atoms with Crippen molar-refractivity contribution in [3.05, 3.63) is 34.9 Å². The molecule has 0 aliphatic heterocycles. The fraction of sp³-hybridized carbons (Fsp3) is 0.438. The molecule has 0 amide bonds. The Labute approximate surface area is 124 Å². The van der Waals surface area contributed by atoms with Gasteiger partial charge in [0.25, 0.3) is 0 Å². The first-order chi connectivity index (χ1) is 9.63. The minimum atomic E-state index is -0.956. The van der Waals surface area contributed by atoms with E-state index < -0.39 is 5.97 Å². The fourth-order valence-electron chi connectivity index (χ4n) is 2.31. The third-order valence-electron chi connectivity index (χ3n) is 3.47. The molecule has 0 radical (unpaired) electrons. The average Bonchev–Trinajstić information content (AvgIpc) is 3.22. The Morgan fingerprint density at radius 2 is 2.25 bits per heavy atom. The molecule has 0 saturated heterocycles. The lowest BCUT2D eigenvalue weighted by Gasteiger charge is -2.27. The van der Waals surface area contributed by atoms with E-state index in [1.165, 1.54) is 12.8 Å². The lowest BCUT2D eigenvalue weighted by atomic mass is 10.1. The smallest absolute Gasteiger partial charge is 0.328 e. The summed E-state index contributed by atoms with van der Waals surface area (Å²) in [5.74, 6) is -0.956. The number of nitrogens with zero attached hydrogens (tertiary/aromatic N) is 1. The number of aliphatic carboxylic acids is 1. The minimum Gasteiger partial charge on any atom is -0.478 e. The van der Waals surface area contributed by atoms with E-state index in [0.717, 1.165) is 36.7 Å². The summed E-state index contributed by atoms with van der Waals surface area (Å²) in [5.41, 5.74) is 1.85. The summed E-state index contributed by atoms with van der Waals surface area (Å²) >= 11 is 6.25. The highest BCUT2D eigenvalue weighted by atomic mass is 35.5. The van der Waals surface area contributed by atoms with Crippen LogP contribution in [0.3, 0.4) is 0 Å². The Morgan fingerprint density at radius 3 is 2.85 bits per heavy atom. The number of hydrogen-bond donors (Lipinski definition) is 1. The van der Waals surface area contributed by atoms with Crippen LogP contribution >= 0.6 is 11.6 Å². The summed E-state index contributed by atoms with van der Waals surface area (Å²) in [6.45, 7) is 3.17. The van der Waals surface area contributed by atoms with E-state index in [9.17, 15) is 4.79 Å². The molecule has 0 aromatic heterocycles. The molecule has 0 bridgehead atoms. The summed E-state index contributed by atoms with van der Waals surface area (Å²) in [6, 6.07) is 6.34. The van der Waals surface area contributed by atoms with Gasteiger partial charge in [-0.3, -0.25) is 0 Å². The zero-order chi connectivity index (χ0) is 14.5. The van der Waals surface area contributed by atoms with Crippen molar-refractivity contribution in [2.75, 3.05) is 11.4 Å². The van der Waals surface area contributed by atoms with Gasteiger partial charge < -0.3 is 10.0 Å². The van der Waals surface area contributed by atoms with Crippen LogP contribution in [-0.2, 0) is 4.79 Å². The SMILES string of the molecule is CCCCN(c1cccc(Cl)c1C=CC(=O)O)C1CC1. The molecular weight excluding hydrogens is 274 g/mol. The van der Waals surface area contributed by atoms with E-state index in [-0.39, 0.29) is 0 Å². The number of benzene rings is 1. The quantitative estimate of drug-likeness (QED) is 0.766. The van der Waals surface area contributed by atoms with E-state index in [0.29, 0.717) is 11.1 Å². The number of anilines is 1. The topological polar surface area (TPSA) is 40.5 Å². The van der Waals surface area contributed by atoms with Crippen molar-refractivity contribution in [1.82, 2.24) is 0 Å². The highest BCUT2D eigenvalue weighted by molar-refractivity contribution is 6.32. The molecule has 2 rings (SSSR count). The maximum Gasteiger partial charge on any atom is 0.328 e. The molecule has 1 saturated carbocycles. The Kier molecular flexibility index (Phi) is 5.07. The van der Waals surface area contributed by atoms with Crippen LogP contribution in [0.1, 0.15) is 38.2 Å². The maximum absolute atomic E-state index is 10.7. The highest BCUT2D eigenvalue weighted by Gasteiger charge is 2.30. The van der Waals surface area contributed by atoms with Crippen LogP contribution < -0.4 is 4.90 Å². The second-order valence-electron chi connectivity index (χ2n) is 5.12. The maximum atomic E-state index is 10.7. The van der Waals surface area contributed by atoms with Gasteiger partial charge in [-0.1, -0.05) is 31.0 Å². The van der Waals surface area contributed by atoms with Crippen LogP contribution in [0.15, 0.2) is 24.3 Å². The minimum absolute atomic E-state index is 0.581. The molecule has 1 fully saturated rings. The van der Waals surface area contributed by atoms with Crippen LogP contribution in [0.25, 0.3) is 6.08 Å². The predicted molar refractivity (Wildman–Crippen MR) is 83.4 cm³/mol. The van der Waals surface area contributed by atoms with E-state index in [4.69, 9.17) is 16.7 Å². The van der Waals surface area contributed by atoms with Crippen molar-refractivity contribution in [2.45, 2.75) is 38.6 Å². The number of hydrogen-bond acceptors (Lipinski definition) is 2. The zero-order valence-corrected chi connectivity index (χ0v) is 12.4. The first kappa shape index (κ1) is 14.9. The van der Waals surface area contributed by atoms with E-state index in [1.54, 1.807) is 12.1 Å². The number of carbonyl (C=O) groups is 1. The van der Waals surface area contributed by atoms with Gasteiger partial charge >= 0.3 is 5.97 Å². The van der Waals surface area contributed by atoms with Gasteiger partial charge in [-0.15, -0.1) is 0 Å².